The molecule has 0 aromatic carbocycles. The van der Waals surface area contributed by atoms with Crippen LogP contribution in [0.5, 0.6) is 0 Å². The molecule has 0 atom stereocenters. The Hall–Kier alpha value is -0.860. The Morgan fingerprint density at radius 1 is 1.39 bits per heavy atom. The topological polar surface area (TPSA) is 88.3 Å². The molecule has 0 aliphatic carbocycles. The first-order valence-corrected chi connectivity index (χ1v) is 8.48. The van der Waals surface area contributed by atoms with Crippen LogP contribution in [-0.2, 0) is 9.84 Å². The highest BCUT2D eigenvalue weighted by atomic mass is 32.2. The average Bonchev–Trinajstić information content (AvgIpc) is 2.65. The predicted molar refractivity (Wildman–Crippen MR) is 75.9 cm³/mol. The Morgan fingerprint density at radius 3 is 2.50 bits per heavy atom. The van der Waals surface area contributed by atoms with Crippen molar-refractivity contribution in [1.29, 1.82) is 0 Å². The number of likely N-dealkylation sites (N-methyl/N-ethyl adjacent to an activating group) is 1. The standard InChI is InChI=1S/C10H20N4O2S2/c1-4-14(5-2)7-6-12-10-8(18(3,15)16)9(11)13-17-10/h12H,4-7H2,1-3H3,(H2,11,13). The minimum atomic E-state index is -3.34. The van der Waals surface area contributed by atoms with Crippen molar-refractivity contribution in [3.8, 4) is 0 Å². The Morgan fingerprint density at radius 2 is 2.00 bits per heavy atom. The number of nitrogens with one attached hydrogen (secondary N) is 1. The lowest BCUT2D eigenvalue weighted by atomic mass is 10.4. The highest BCUT2D eigenvalue weighted by molar-refractivity contribution is 7.91. The third kappa shape index (κ3) is 3.82. The van der Waals surface area contributed by atoms with Crippen LogP contribution in [0.1, 0.15) is 13.8 Å². The summed E-state index contributed by atoms with van der Waals surface area (Å²) in [6, 6.07) is 0. The zero-order valence-corrected chi connectivity index (χ0v) is 12.6. The number of nitrogens with two attached hydrogens (primary N) is 1. The molecule has 1 aromatic rings. The van der Waals surface area contributed by atoms with E-state index in [1.54, 1.807) is 0 Å². The van der Waals surface area contributed by atoms with Crippen LogP contribution in [0.4, 0.5) is 10.8 Å². The van der Waals surface area contributed by atoms with E-state index in [0.29, 0.717) is 11.5 Å². The molecule has 1 heterocycles. The quantitative estimate of drug-likeness (QED) is 0.775. The fraction of sp³-hybridized carbons (Fsp3) is 0.700. The van der Waals surface area contributed by atoms with E-state index in [9.17, 15) is 8.42 Å². The summed E-state index contributed by atoms with van der Waals surface area (Å²) in [4.78, 5) is 2.37. The summed E-state index contributed by atoms with van der Waals surface area (Å²) in [6.45, 7) is 7.66. The van der Waals surface area contributed by atoms with Gasteiger partial charge in [-0.25, -0.2) is 8.42 Å². The molecule has 0 aliphatic heterocycles. The SMILES string of the molecule is CCN(CC)CCNc1snc(N)c1S(C)(=O)=O. The maximum Gasteiger partial charge on any atom is 0.182 e. The van der Waals surface area contributed by atoms with E-state index < -0.39 is 9.84 Å². The Labute approximate surface area is 112 Å². The van der Waals surface area contributed by atoms with Gasteiger partial charge in [-0.15, -0.1) is 0 Å². The third-order valence-corrected chi connectivity index (χ3v) is 4.76. The van der Waals surface area contributed by atoms with E-state index in [1.165, 1.54) is 0 Å². The summed E-state index contributed by atoms with van der Waals surface area (Å²) in [5.74, 6) is 0.0767. The van der Waals surface area contributed by atoms with Crippen LogP contribution in [0.25, 0.3) is 0 Å². The first kappa shape index (κ1) is 15.2. The van der Waals surface area contributed by atoms with Crippen molar-refractivity contribution < 1.29 is 8.42 Å². The Balaban J connectivity index is 2.69. The molecule has 0 unspecified atom stereocenters. The summed E-state index contributed by atoms with van der Waals surface area (Å²) in [5, 5.41) is 3.62. The van der Waals surface area contributed by atoms with Crippen molar-refractivity contribution in [2.45, 2.75) is 18.7 Å². The van der Waals surface area contributed by atoms with E-state index in [-0.39, 0.29) is 10.7 Å². The molecule has 0 spiro atoms. The van der Waals surface area contributed by atoms with E-state index >= 15 is 0 Å². The van der Waals surface area contributed by atoms with Gasteiger partial charge in [0.15, 0.2) is 15.7 Å². The van der Waals surface area contributed by atoms with Gasteiger partial charge in [0.2, 0.25) is 0 Å². The summed E-state index contributed by atoms with van der Waals surface area (Å²) >= 11 is 1.09. The second kappa shape index (κ2) is 6.35. The van der Waals surface area contributed by atoms with E-state index in [0.717, 1.165) is 37.4 Å². The molecule has 18 heavy (non-hydrogen) atoms. The largest absolute Gasteiger partial charge is 0.382 e. The number of aromatic nitrogens is 1. The van der Waals surface area contributed by atoms with Crippen LogP contribution in [0.15, 0.2) is 4.90 Å². The normalized spacial score (nSPS) is 12.0. The maximum absolute atomic E-state index is 11.6. The molecule has 6 nitrogen and oxygen atoms in total. The van der Waals surface area contributed by atoms with Gasteiger partial charge in [0.05, 0.1) is 0 Å². The fourth-order valence-corrected chi connectivity index (χ4v) is 3.73. The second-order valence-corrected chi connectivity index (χ2v) is 6.68. The van der Waals surface area contributed by atoms with Crippen LogP contribution in [0.3, 0.4) is 0 Å². The van der Waals surface area contributed by atoms with Crippen molar-refractivity contribution >= 4 is 32.2 Å². The lowest BCUT2D eigenvalue weighted by molar-refractivity contribution is 0.316. The van der Waals surface area contributed by atoms with Crippen LogP contribution >= 0.6 is 11.5 Å². The van der Waals surface area contributed by atoms with Crippen LogP contribution in [0.2, 0.25) is 0 Å². The van der Waals surface area contributed by atoms with Crippen molar-refractivity contribution in [2.24, 2.45) is 0 Å². The second-order valence-electron chi connectivity index (χ2n) is 3.95. The number of rotatable bonds is 7. The van der Waals surface area contributed by atoms with Gasteiger partial charge in [0.25, 0.3) is 0 Å². The molecule has 0 saturated heterocycles. The van der Waals surface area contributed by atoms with E-state index in [1.807, 2.05) is 0 Å². The lowest BCUT2D eigenvalue weighted by Crippen LogP contribution is -2.28. The fourth-order valence-electron chi connectivity index (χ4n) is 1.63. The first-order chi connectivity index (χ1) is 8.40. The van der Waals surface area contributed by atoms with E-state index in [4.69, 9.17) is 5.73 Å². The van der Waals surface area contributed by atoms with Gasteiger partial charge in [0.1, 0.15) is 9.90 Å². The third-order valence-electron chi connectivity index (χ3n) is 2.65. The smallest absolute Gasteiger partial charge is 0.182 e. The van der Waals surface area contributed by atoms with Crippen LogP contribution in [-0.4, -0.2) is 50.1 Å². The Kier molecular flexibility index (Phi) is 5.36. The number of hydrogen-bond donors (Lipinski definition) is 2. The maximum atomic E-state index is 11.6. The molecular formula is C10H20N4O2S2. The van der Waals surface area contributed by atoms with Gasteiger partial charge < -0.3 is 16.0 Å². The molecule has 1 rings (SSSR count). The molecule has 3 N–H and O–H groups in total. The minimum absolute atomic E-state index is 0.0767. The van der Waals surface area contributed by atoms with Crippen molar-refractivity contribution in [2.75, 3.05) is 43.5 Å². The molecule has 0 aliphatic rings. The lowest BCUT2D eigenvalue weighted by Gasteiger charge is -2.18. The zero-order chi connectivity index (χ0) is 13.8. The van der Waals surface area contributed by atoms with Gasteiger partial charge in [0, 0.05) is 19.3 Å². The number of nitrogen functional groups attached to an aromatic ring is 1. The molecular weight excluding hydrogens is 272 g/mol. The van der Waals surface area contributed by atoms with Crippen molar-refractivity contribution in [3.05, 3.63) is 0 Å². The van der Waals surface area contributed by atoms with Gasteiger partial charge >= 0.3 is 0 Å². The van der Waals surface area contributed by atoms with Crippen LogP contribution < -0.4 is 11.1 Å². The molecule has 0 radical (unpaired) electrons. The van der Waals surface area contributed by atoms with Crippen molar-refractivity contribution in [3.63, 3.8) is 0 Å². The number of nitrogens with zero attached hydrogens (tertiary/aromatic N) is 2. The van der Waals surface area contributed by atoms with Gasteiger partial charge in [-0.05, 0) is 24.6 Å². The summed E-state index contributed by atoms with van der Waals surface area (Å²) in [7, 11) is -3.34. The molecule has 0 saturated carbocycles. The average molecular weight is 292 g/mol. The molecule has 0 amide bonds. The highest BCUT2D eigenvalue weighted by Crippen LogP contribution is 2.30. The van der Waals surface area contributed by atoms with Gasteiger partial charge in [-0.1, -0.05) is 13.8 Å². The molecule has 0 bridgehead atoms. The predicted octanol–water partition coefficient (Wildman–Crippen LogP) is 0.883. The highest BCUT2D eigenvalue weighted by Gasteiger charge is 2.20. The summed E-state index contributed by atoms with van der Waals surface area (Å²) in [5.41, 5.74) is 5.58. The minimum Gasteiger partial charge on any atom is -0.382 e. The number of anilines is 2. The molecule has 104 valence electrons. The number of sulfone groups is 1. The van der Waals surface area contributed by atoms with E-state index in [2.05, 4.69) is 28.4 Å². The first-order valence-electron chi connectivity index (χ1n) is 5.81. The zero-order valence-electron chi connectivity index (χ0n) is 10.9. The summed E-state index contributed by atoms with van der Waals surface area (Å²) in [6.07, 6.45) is 1.14. The van der Waals surface area contributed by atoms with Crippen LogP contribution in [0, 0.1) is 0 Å². The summed E-state index contributed by atoms with van der Waals surface area (Å²) < 4.78 is 27.0. The van der Waals surface area contributed by atoms with Crippen molar-refractivity contribution in [1.82, 2.24) is 9.27 Å². The van der Waals surface area contributed by atoms with Gasteiger partial charge in [-0.3, -0.25) is 0 Å². The molecule has 8 heteroatoms. The van der Waals surface area contributed by atoms with Gasteiger partial charge in [-0.2, -0.15) is 4.37 Å². The number of hydrogen-bond acceptors (Lipinski definition) is 7. The molecule has 0 fully saturated rings. The Bertz CT molecular complexity index is 480. The monoisotopic (exact) mass is 292 g/mol. The molecule has 1 aromatic heterocycles.